The summed E-state index contributed by atoms with van der Waals surface area (Å²) in [4.78, 5) is 2.33. The van der Waals surface area contributed by atoms with Gasteiger partial charge in [-0.2, -0.15) is 0 Å². The normalized spacial score (nSPS) is 20.9. The van der Waals surface area contributed by atoms with Gasteiger partial charge in [0.2, 0.25) is 0 Å². The standard InChI is InChI=1S/C13H19BrN2O2/c14-11-1-3-12(4-2-11)17-7-5-16-6-8-18-13(9-15)10-16/h1-4,13H,5-10,15H2. The molecule has 4 nitrogen and oxygen atoms in total. The zero-order chi connectivity index (χ0) is 12.8. The van der Waals surface area contributed by atoms with Gasteiger partial charge in [0.15, 0.2) is 0 Å². The van der Waals surface area contributed by atoms with Crippen molar-refractivity contribution in [3.63, 3.8) is 0 Å². The summed E-state index contributed by atoms with van der Waals surface area (Å²) in [5.41, 5.74) is 5.61. The van der Waals surface area contributed by atoms with Gasteiger partial charge in [0.1, 0.15) is 12.4 Å². The molecule has 1 fully saturated rings. The number of benzene rings is 1. The van der Waals surface area contributed by atoms with E-state index in [0.717, 1.165) is 36.5 Å². The van der Waals surface area contributed by atoms with Gasteiger partial charge in [-0.15, -0.1) is 0 Å². The third-order valence-corrected chi connectivity index (χ3v) is 3.50. The number of hydrogen-bond donors (Lipinski definition) is 1. The van der Waals surface area contributed by atoms with Gasteiger partial charge in [-0.25, -0.2) is 0 Å². The molecule has 0 spiro atoms. The Morgan fingerprint density at radius 3 is 2.89 bits per heavy atom. The molecular formula is C13H19BrN2O2. The van der Waals surface area contributed by atoms with Crippen molar-refractivity contribution < 1.29 is 9.47 Å². The largest absolute Gasteiger partial charge is 0.492 e. The molecule has 1 aliphatic rings. The highest BCUT2D eigenvalue weighted by Crippen LogP contribution is 2.16. The zero-order valence-electron chi connectivity index (χ0n) is 10.3. The Balaban J connectivity index is 1.70. The maximum absolute atomic E-state index is 5.70. The van der Waals surface area contributed by atoms with Crippen molar-refractivity contribution in [1.29, 1.82) is 0 Å². The fraction of sp³-hybridized carbons (Fsp3) is 0.538. The number of halogens is 1. The second-order valence-electron chi connectivity index (χ2n) is 4.33. The smallest absolute Gasteiger partial charge is 0.119 e. The number of rotatable bonds is 5. The van der Waals surface area contributed by atoms with Crippen LogP contribution in [-0.4, -0.2) is 50.4 Å². The lowest BCUT2D eigenvalue weighted by Gasteiger charge is -2.32. The van der Waals surface area contributed by atoms with Gasteiger partial charge in [0, 0.05) is 30.7 Å². The highest BCUT2D eigenvalue weighted by molar-refractivity contribution is 9.10. The van der Waals surface area contributed by atoms with E-state index < -0.39 is 0 Å². The summed E-state index contributed by atoms with van der Waals surface area (Å²) in [6.07, 6.45) is 0.173. The van der Waals surface area contributed by atoms with Crippen molar-refractivity contribution in [2.45, 2.75) is 6.10 Å². The van der Waals surface area contributed by atoms with E-state index in [-0.39, 0.29) is 6.10 Å². The lowest BCUT2D eigenvalue weighted by molar-refractivity contribution is -0.0261. The zero-order valence-corrected chi connectivity index (χ0v) is 11.9. The molecule has 1 unspecified atom stereocenters. The Morgan fingerprint density at radius 1 is 1.39 bits per heavy atom. The van der Waals surface area contributed by atoms with Crippen LogP contribution in [-0.2, 0) is 4.74 Å². The Morgan fingerprint density at radius 2 is 2.17 bits per heavy atom. The van der Waals surface area contributed by atoms with Crippen molar-refractivity contribution in [1.82, 2.24) is 4.90 Å². The summed E-state index contributed by atoms with van der Waals surface area (Å²) in [5.74, 6) is 0.904. The molecule has 1 aromatic rings. The van der Waals surface area contributed by atoms with Crippen LogP contribution in [0.1, 0.15) is 0 Å². The number of nitrogens with zero attached hydrogens (tertiary/aromatic N) is 1. The van der Waals surface area contributed by atoms with Gasteiger partial charge in [-0.3, -0.25) is 4.90 Å². The molecule has 0 amide bonds. The molecule has 2 rings (SSSR count). The minimum atomic E-state index is 0.173. The van der Waals surface area contributed by atoms with Gasteiger partial charge in [-0.05, 0) is 24.3 Å². The van der Waals surface area contributed by atoms with Gasteiger partial charge >= 0.3 is 0 Å². The number of ether oxygens (including phenoxy) is 2. The summed E-state index contributed by atoms with van der Waals surface area (Å²) in [6, 6.07) is 7.89. The Hall–Kier alpha value is -0.620. The van der Waals surface area contributed by atoms with E-state index in [2.05, 4.69) is 20.8 Å². The fourth-order valence-electron chi connectivity index (χ4n) is 1.95. The van der Waals surface area contributed by atoms with E-state index in [9.17, 15) is 0 Å². The van der Waals surface area contributed by atoms with E-state index >= 15 is 0 Å². The van der Waals surface area contributed by atoms with Crippen LogP contribution in [0.3, 0.4) is 0 Å². The first-order chi connectivity index (χ1) is 8.78. The van der Waals surface area contributed by atoms with Gasteiger partial charge in [0.25, 0.3) is 0 Å². The van der Waals surface area contributed by atoms with Gasteiger partial charge < -0.3 is 15.2 Å². The number of hydrogen-bond acceptors (Lipinski definition) is 4. The lowest BCUT2D eigenvalue weighted by atomic mass is 10.3. The number of nitrogens with two attached hydrogens (primary N) is 1. The summed E-state index contributed by atoms with van der Waals surface area (Å²) in [6.45, 7) is 4.82. The third-order valence-electron chi connectivity index (χ3n) is 2.98. The molecule has 1 aromatic carbocycles. The maximum Gasteiger partial charge on any atom is 0.119 e. The summed E-state index contributed by atoms with van der Waals surface area (Å²) >= 11 is 3.40. The molecule has 5 heteroatoms. The molecule has 100 valence electrons. The second-order valence-corrected chi connectivity index (χ2v) is 5.25. The molecule has 0 aliphatic carbocycles. The van der Waals surface area contributed by atoms with Crippen LogP contribution >= 0.6 is 15.9 Å². The van der Waals surface area contributed by atoms with E-state index in [1.807, 2.05) is 24.3 Å². The molecule has 1 heterocycles. The molecule has 18 heavy (non-hydrogen) atoms. The highest BCUT2D eigenvalue weighted by Gasteiger charge is 2.18. The SMILES string of the molecule is NCC1CN(CCOc2ccc(Br)cc2)CCO1. The average Bonchev–Trinajstić information content (AvgIpc) is 2.41. The van der Waals surface area contributed by atoms with E-state index in [1.165, 1.54) is 0 Å². The highest BCUT2D eigenvalue weighted by atomic mass is 79.9. The van der Waals surface area contributed by atoms with Crippen molar-refractivity contribution in [2.24, 2.45) is 5.73 Å². The summed E-state index contributed by atoms with van der Waals surface area (Å²) in [7, 11) is 0. The quantitative estimate of drug-likeness (QED) is 0.894. The van der Waals surface area contributed by atoms with Crippen molar-refractivity contribution in [2.75, 3.05) is 39.4 Å². The molecule has 0 aromatic heterocycles. The first-order valence-corrected chi connectivity index (χ1v) is 6.99. The van der Waals surface area contributed by atoms with Crippen LogP contribution in [0.4, 0.5) is 0 Å². The van der Waals surface area contributed by atoms with Crippen molar-refractivity contribution in [3.8, 4) is 5.75 Å². The van der Waals surface area contributed by atoms with E-state index in [0.29, 0.717) is 13.2 Å². The minimum Gasteiger partial charge on any atom is -0.492 e. The molecule has 2 N–H and O–H groups in total. The molecular weight excluding hydrogens is 296 g/mol. The Bertz CT molecular complexity index is 359. The van der Waals surface area contributed by atoms with Crippen molar-refractivity contribution in [3.05, 3.63) is 28.7 Å². The molecule has 0 saturated carbocycles. The van der Waals surface area contributed by atoms with Crippen molar-refractivity contribution >= 4 is 15.9 Å². The predicted octanol–water partition coefficient (Wildman–Crippen LogP) is 1.49. The summed E-state index contributed by atoms with van der Waals surface area (Å²) in [5, 5.41) is 0. The van der Waals surface area contributed by atoms with Crippen LogP contribution in [0.25, 0.3) is 0 Å². The van der Waals surface area contributed by atoms with Crippen LogP contribution in [0.15, 0.2) is 28.7 Å². The first kappa shape index (κ1) is 13.8. The Labute approximate surface area is 116 Å². The summed E-state index contributed by atoms with van der Waals surface area (Å²) < 4.78 is 12.3. The monoisotopic (exact) mass is 314 g/mol. The average molecular weight is 315 g/mol. The molecule has 1 atom stereocenters. The lowest BCUT2D eigenvalue weighted by Crippen LogP contribution is -2.46. The van der Waals surface area contributed by atoms with Crippen LogP contribution in [0.2, 0.25) is 0 Å². The second kappa shape index (κ2) is 7.09. The maximum atomic E-state index is 5.70. The van der Waals surface area contributed by atoms with Crippen LogP contribution in [0.5, 0.6) is 5.75 Å². The van der Waals surface area contributed by atoms with Crippen LogP contribution in [0, 0.1) is 0 Å². The van der Waals surface area contributed by atoms with Gasteiger partial charge in [-0.1, -0.05) is 15.9 Å². The number of morpholine rings is 1. The van der Waals surface area contributed by atoms with E-state index in [4.69, 9.17) is 15.2 Å². The molecule has 0 bridgehead atoms. The van der Waals surface area contributed by atoms with Gasteiger partial charge in [0.05, 0.1) is 12.7 Å². The Kier molecular flexibility index (Phi) is 5.44. The predicted molar refractivity (Wildman–Crippen MR) is 74.9 cm³/mol. The first-order valence-electron chi connectivity index (χ1n) is 6.20. The molecule has 1 saturated heterocycles. The minimum absolute atomic E-state index is 0.173. The topological polar surface area (TPSA) is 47.7 Å². The third kappa shape index (κ3) is 4.24. The molecule has 1 aliphatic heterocycles. The molecule has 0 radical (unpaired) electrons. The fourth-order valence-corrected chi connectivity index (χ4v) is 2.21. The van der Waals surface area contributed by atoms with E-state index in [1.54, 1.807) is 0 Å². The van der Waals surface area contributed by atoms with Crippen LogP contribution < -0.4 is 10.5 Å².